The summed E-state index contributed by atoms with van der Waals surface area (Å²) in [5, 5.41) is 17.9. The fraction of sp³-hybridized carbons (Fsp3) is 0.0769. The highest BCUT2D eigenvalue weighted by atomic mass is 32.2. The monoisotopic (exact) mass is 280 g/mol. The van der Waals surface area contributed by atoms with Crippen molar-refractivity contribution < 1.29 is 18.8 Å². The van der Waals surface area contributed by atoms with Crippen LogP contribution in [-0.2, 0) is 5.75 Å². The fourth-order valence-corrected chi connectivity index (χ4v) is 2.42. The molecule has 0 aliphatic carbocycles. The zero-order valence-electron chi connectivity index (χ0n) is 9.88. The maximum atomic E-state index is 13.4. The molecule has 0 bridgehead atoms. The van der Waals surface area contributed by atoms with Crippen LogP contribution in [0.3, 0.4) is 0 Å². The van der Waals surface area contributed by atoms with Gasteiger partial charge in [0.2, 0.25) is 0 Å². The summed E-state index contributed by atoms with van der Waals surface area (Å²) >= 11 is 1.26. The van der Waals surface area contributed by atoms with Gasteiger partial charge in [0.05, 0.1) is 0 Å². The van der Waals surface area contributed by atoms with Gasteiger partial charge >= 0.3 is 7.12 Å². The van der Waals surface area contributed by atoms with E-state index in [1.165, 1.54) is 23.9 Å². The topological polar surface area (TPSA) is 40.5 Å². The Hall–Kier alpha value is -1.37. The predicted molar refractivity (Wildman–Crippen MR) is 72.2 cm³/mol. The summed E-state index contributed by atoms with van der Waals surface area (Å²) in [6.45, 7) is 0. The minimum Gasteiger partial charge on any atom is -0.423 e. The molecule has 0 aliphatic rings. The van der Waals surface area contributed by atoms with Gasteiger partial charge < -0.3 is 10.0 Å². The second-order valence-electron chi connectivity index (χ2n) is 3.98. The number of thioether (sulfide) groups is 1. The molecule has 0 saturated heterocycles. The second kappa shape index (κ2) is 6.19. The highest BCUT2D eigenvalue weighted by Gasteiger charge is 2.10. The van der Waals surface area contributed by atoms with Gasteiger partial charge in [-0.2, -0.15) is 0 Å². The molecule has 98 valence electrons. The maximum Gasteiger partial charge on any atom is 0.488 e. The molecular weight excluding hydrogens is 269 g/mol. The van der Waals surface area contributed by atoms with E-state index < -0.39 is 18.8 Å². The Morgan fingerprint density at radius 1 is 1.00 bits per heavy atom. The third-order valence-corrected chi connectivity index (χ3v) is 3.69. The average Bonchev–Trinajstić information content (AvgIpc) is 2.38. The quantitative estimate of drug-likeness (QED) is 0.664. The highest BCUT2D eigenvalue weighted by Crippen LogP contribution is 2.25. The van der Waals surface area contributed by atoms with Gasteiger partial charge in [0, 0.05) is 16.7 Å². The van der Waals surface area contributed by atoms with E-state index in [2.05, 4.69) is 0 Å². The van der Waals surface area contributed by atoms with Gasteiger partial charge in [-0.1, -0.05) is 24.3 Å². The van der Waals surface area contributed by atoms with E-state index in [-0.39, 0.29) is 0 Å². The minimum atomic E-state index is -1.49. The standard InChI is InChI=1S/C13H11BF2O2S/c15-11-5-6-13(12(16)7-11)19-8-9-1-3-10(4-2-9)14(17)18/h1-7,17-18H,8H2. The first kappa shape index (κ1) is 14.1. The van der Waals surface area contributed by atoms with Crippen molar-refractivity contribution in [2.45, 2.75) is 10.6 Å². The molecule has 0 saturated carbocycles. The lowest BCUT2D eigenvalue weighted by Crippen LogP contribution is -2.29. The van der Waals surface area contributed by atoms with Crippen molar-refractivity contribution in [1.29, 1.82) is 0 Å². The van der Waals surface area contributed by atoms with Crippen LogP contribution in [0.2, 0.25) is 0 Å². The van der Waals surface area contributed by atoms with Crippen molar-refractivity contribution in [2.75, 3.05) is 0 Å². The number of hydrogen-bond donors (Lipinski definition) is 2. The fourth-order valence-electron chi connectivity index (χ4n) is 1.54. The van der Waals surface area contributed by atoms with E-state index in [1.54, 1.807) is 24.3 Å². The Morgan fingerprint density at radius 3 is 2.26 bits per heavy atom. The molecule has 0 heterocycles. The first-order valence-electron chi connectivity index (χ1n) is 5.59. The van der Waals surface area contributed by atoms with Gasteiger partial charge in [0.1, 0.15) is 11.6 Å². The molecule has 0 aliphatic heterocycles. The highest BCUT2D eigenvalue weighted by molar-refractivity contribution is 7.98. The van der Waals surface area contributed by atoms with Crippen LogP contribution in [0.1, 0.15) is 5.56 Å². The number of benzene rings is 2. The molecular formula is C13H11BF2O2S. The molecule has 0 radical (unpaired) electrons. The van der Waals surface area contributed by atoms with Gasteiger partial charge in [0.15, 0.2) is 0 Å². The third-order valence-electron chi connectivity index (χ3n) is 2.57. The summed E-state index contributed by atoms with van der Waals surface area (Å²) < 4.78 is 26.1. The van der Waals surface area contributed by atoms with Gasteiger partial charge in [-0.25, -0.2) is 8.78 Å². The van der Waals surface area contributed by atoms with Crippen LogP contribution in [0.5, 0.6) is 0 Å². The van der Waals surface area contributed by atoms with Crippen molar-refractivity contribution in [3.8, 4) is 0 Å². The first-order chi connectivity index (χ1) is 9.06. The minimum absolute atomic E-state index is 0.382. The molecule has 0 fully saturated rings. The smallest absolute Gasteiger partial charge is 0.423 e. The molecule has 0 aromatic heterocycles. The van der Waals surface area contributed by atoms with Crippen LogP contribution in [0.4, 0.5) is 8.78 Å². The predicted octanol–water partition coefficient (Wildman–Crippen LogP) is 1.94. The first-order valence-corrected chi connectivity index (χ1v) is 6.57. The molecule has 2 aromatic rings. The van der Waals surface area contributed by atoms with Crippen molar-refractivity contribution in [3.63, 3.8) is 0 Å². The van der Waals surface area contributed by atoms with Gasteiger partial charge in [-0.05, 0) is 23.2 Å². The zero-order chi connectivity index (χ0) is 13.8. The molecule has 0 unspecified atom stereocenters. The van der Waals surface area contributed by atoms with Crippen LogP contribution in [0, 0.1) is 11.6 Å². The van der Waals surface area contributed by atoms with E-state index in [4.69, 9.17) is 10.0 Å². The van der Waals surface area contributed by atoms with E-state index in [9.17, 15) is 8.78 Å². The lowest BCUT2D eigenvalue weighted by molar-refractivity contribution is 0.426. The number of halogens is 2. The van der Waals surface area contributed by atoms with Crippen molar-refractivity contribution in [2.24, 2.45) is 0 Å². The Bertz CT molecular complexity index is 561. The van der Waals surface area contributed by atoms with Crippen LogP contribution >= 0.6 is 11.8 Å². The molecule has 6 heteroatoms. The van der Waals surface area contributed by atoms with E-state index in [0.717, 1.165) is 11.6 Å². The SMILES string of the molecule is OB(O)c1ccc(CSc2ccc(F)cc2F)cc1. The van der Waals surface area contributed by atoms with Crippen LogP contribution in [-0.4, -0.2) is 17.2 Å². The normalized spacial score (nSPS) is 10.5. The molecule has 0 spiro atoms. The Kier molecular flexibility index (Phi) is 4.58. The molecule has 2 rings (SSSR count). The van der Waals surface area contributed by atoms with Gasteiger partial charge in [0.25, 0.3) is 0 Å². The van der Waals surface area contributed by atoms with E-state index in [1.807, 2.05) is 0 Å². The van der Waals surface area contributed by atoms with Gasteiger partial charge in [-0.3, -0.25) is 0 Å². The largest absolute Gasteiger partial charge is 0.488 e. The van der Waals surface area contributed by atoms with E-state index in [0.29, 0.717) is 16.1 Å². The Labute approximate surface area is 114 Å². The third kappa shape index (κ3) is 3.80. The molecule has 0 amide bonds. The molecule has 0 atom stereocenters. The summed E-state index contributed by atoms with van der Waals surface area (Å²) in [6, 6.07) is 10.2. The summed E-state index contributed by atoms with van der Waals surface area (Å²) in [6.07, 6.45) is 0. The van der Waals surface area contributed by atoms with Crippen molar-refractivity contribution in [3.05, 3.63) is 59.7 Å². The number of hydrogen-bond acceptors (Lipinski definition) is 3. The summed E-state index contributed by atoms with van der Waals surface area (Å²) in [7, 11) is -1.49. The molecule has 2 aromatic carbocycles. The Balaban J connectivity index is 2.02. The summed E-state index contributed by atoms with van der Waals surface area (Å²) in [5.74, 6) is -0.653. The second-order valence-corrected chi connectivity index (χ2v) is 5.00. The Morgan fingerprint density at radius 2 is 1.68 bits per heavy atom. The van der Waals surface area contributed by atoms with Crippen LogP contribution in [0.15, 0.2) is 47.4 Å². The van der Waals surface area contributed by atoms with Crippen LogP contribution in [0.25, 0.3) is 0 Å². The van der Waals surface area contributed by atoms with Crippen molar-refractivity contribution >= 4 is 24.3 Å². The lowest BCUT2D eigenvalue weighted by Gasteiger charge is -2.05. The summed E-state index contributed by atoms with van der Waals surface area (Å²) in [5.41, 5.74) is 1.32. The molecule has 19 heavy (non-hydrogen) atoms. The zero-order valence-corrected chi connectivity index (χ0v) is 10.7. The molecule has 2 N–H and O–H groups in total. The summed E-state index contributed by atoms with van der Waals surface area (Å²) in [4.78, 5) is 0.382. The van der Waals surface area contributed by atoms with Crippen LogP contribution < -0.4 is 5.46 Å². The average molecular weight is 280 g/mol. The molecule has 2 nitrogen and oxygen atoms in total. The number of rotatable bonds is 4. The van der Waals surface area contributed by atoms with E-state index >= 15 is 0 Å². The lowest BCUT2D eigenvalue weighted by atomic mass is 9.80. The van der Waals surface area contributed by atoms with Crippen molar-refractivity contribution in [1.82, 2.24) is 0 Å². The maximum absolute atomic E-state index is 13.4. The van der Waals surface area contributed by atoms with Gasteiger partial charge in [-0.15, -0.1) is 11.8 Å².